The van der Waals surface area contributed by atoms with E-state index >= 15 is 0 Å². The molecule has 1 fully saturated rings. The Morgan fingerprint density at radius 2 is 1.96 bits per heavy atom. The molecule has 5 nitrogen and oxygen atoms in total. The van der Waals surface area contributed by atoms with Crippen LogP contribution in [0.3, 0.4) is 0 Å². The largest absolute Gasteiger partial charge is 0.382 e. The van der Waals surface area contributed by atoms with Gasteiger partial charge in [0.2, 0.25) is 0 Å². The highest BCUT2D eigenvalue weighted by Gasteiger charge is 2.33. The monoisotopic (exact) mass is 374 g/mol. The molecule has 27 heavy (non-hydrogen) atoms. The third kappa shape index (κ3) is 7.06. The summed E-state index contributed by atoms with van der Waals surface area (Å²) in [6, 6.07) is 8.56. The van der Waals surface area contributed by atoms with Crippen molar-refractivity contribution in [2.45, 2.75) is 52.5 Å². The van der Waals surface area contributed by atoms with Crippen molar-refractivity contribution in [3.8, 4) is 0 Å². The summed E-state index contributed by atoms with van der Waals surface area (Å²) in [5, 5.41) is 7.01. The standard InChI is InChI=1S/C22H38N4O/c1-5-23-21(24-17-19-10-9-11-20(16-19)26(3)4)25-18-22(12-7-8-13-22)14-15-27-6-2/h9-11,16H,5-8,12-15,17-18H2,1-4H3,(H2,23,24,25). The van der Waals surface area contributed by atoms with Crippen LogP contribution in [0, 0.1) is 5.41 Å². The Bertz CT molecular complexity index is 579. The van der Waals surface area contributed by atoms with Gasteiger partial charge in [0.1, 0.15) is 0 Å². The first-order valence-corrected chi connectivity index (χ1v) is 10.4. The topological polar surface area (TPSA) is 48.9 Å². The second-order valence-electron chi connectivity index (χ2n) is 7.77. The Balaban J connectivity index is 1.97. The molecule has 2 N–H and O–H groups in total. The van der Waals surface area contributed by atoms with Crippen LogP contribution in [-0.4, -0.2) is 46.4 Å². The lowest BCUT2D eigenvalue weighted by Crippen LogP contribution is -2.43. The average molecular weight is 375 g/mol. The molecule has 1 aromatic rings. The summed E-state index contributed by atoms with van der Waals surface area (Å²) < 4.78 is 5.63. The molecule has 1 aliphatic rings. The summed E-state index contributed by atoms with van der Waals surface area (Å²) in [4.78, 5) is 6.94. The lowest BCUT2D eigenvalue weighted by atomic mass is 9.83. The van der Waals surface area contributed by atoms with E-state index in [-0.39, 0.29) is 0 Å². The van der Waals surface area contributed by atoms with Gasteiger partial charge in [-0.05, 0) is 56.2 Å². The van der Waals surface area contributed by atoms with Crippen LogP contribution >= 0.6 is 0 Å². The Morgan fingerprint density at radius 1 is 1.19 bits per heavy atom. The van der Waals surface area contributed by atoms with E-state index in [1.807, 2.05) is 0 Å². The van der Waals surface area contributed by atoms with E-state index < -0.39 is 0 Å². The summed E-state index contributed by atoms with van der Waals surface area (Å²) in [6.45, 7) is 8.38. The maximum atomic E-state index is 5.63. The highest BCUT2D eigenvalue weighted by molar-refractivity contribution is 5.79. The Hall–Kier alpha value is -1.75. The summed E-state index contributed by atoms with van der Waals surface area (Å²) in [5.41, 5.74) is 2.79. The van der Waals surface area contributed by atoms with E-state index in [4.69, 9.17) is 9.73 Å². The zero-order valence-corrected chi connectivity index (χ0v) is 17.7. The third-order valence-electron chi connectivity index (χ3n) is 5.47. The van der Waals surface area contributed by atoms with Crippen LogP contribution in [0.5, 0.6) is 0 Å². The number of anilines is 1. The molecule has 5 heteroatoms. The van der Waals surface area contributed by atoms with Crippen molar-refractivity contribution in [3.05, 3.63) is 29.8 Å². The van der Waals surface area contributed by atoms with Crippen LogP contribution in [-0.2, 0) is 11.3 Å². The molecule has 0 unspecified atom stereocenters. The lowest BCUT2D eigenvalue weighted by Gasteiger charge is -2.30. The summed E-state index contributed by atoms with van der Waals surface area (Å²) >= 11 is 0. The van der Waals surface area contributed by atoms with Gasteiger partial charge in [-0.3, -0.25) is 0 Å². The van der Waals surface area contributed by atoms with Crippen LogP contribution in [0.4, 0.5) is 5.69 Å². The van der Waals surface area contributed by atoms with E-state index in [0.717, 1.165) is 38.7 Å². The maximum Gasteiger partial charge on any atom is 0.191 e. The number of benzene rings is 1. The van der Waals surface area contributed by atoms with Gasteiger partial charge in [0.15, 0.2) is 5.96 Å². The molecule has 0 aliphatic heterocycles. The molecule has 0 saturated heterocycles. The fraction of sp³-hybridized carbons (Fsp3) is 0.682. The number of hydrogen-bond donors (Lipinski definition) is 2. The predicted octanol–water partition coefficient (Wildman–Crippen LogP) is 3.79. The second-order valence-corrected chi connectivity index (χ2v) is 7.77. The molecule has 1 saturated carbocycles. The van der Waals surface area contributed by atoms with E-state index in [1.165, 1.54) is 36.9 Å². The minimum Gasteiger partial charge on any atom is -0.382 e. The van der Waals surface area contributed by atoms with Crippen molar-refractivity contribution in [3.63, 3.8) is 0 Å². The molecule has 152 valence electrons. The van der Waals surface area contributed by atoms with E-state index in [2.05, 4.69) is 67.7 Å². The highest BCUT2D eigenvalue weighted by Crippen LogP contribution is 2.40. The fourth-order valence-electron chi connectivity index (χ4n) is 3.79. The normalized spacial score (nSPS) is 16.4. The molecule has 1 aromatic carbocycles. The number of nitrogens with one attached hydrogen (secondary N) is 2. The molecular formula is C22H38N4O. The number of guanidine groups is 1. The lowest BCUT2D eigenvalue weighted by molar-refractivity contribution is 0.105. The highest BCUT2D eigenvalue weighted by atomic mass is 16.5. The zero-order chi connectivity index (χ0) is 19.5. The molecule has 0 radical (unpaired) electrons. The van der Waals surface area contributed by atoms with Gasteiger partial charge in [-0.25, -0.2) is 4.99 Å². The predicted molar refractivity (Wildman–Crippen MR) is 116 cm³/mol. The van der Waals surface area contributed by atoms with Crippen LogP contribution in [0.1, 0.15) is 51.5 Å². The smallest absolute Gasteiger partial charge is 0.191 e. The van der Waals surface area contributed by atoms with E-state index in [1.54, 1.807) is 0 Å². The second kappa shape index (κ2) is 11.2. The fourth-order valence-corrected chi connectivity index (χ4v) is 3.79. The first-order chi connectivity index (χ1) is 13.1. The number of aliphatic imine (C=N–C) groups is 1. The molecule has 1 aliphatic carbocycles. The minimum atomic E-state index is 0.357. The van der Waals surface area contributed by atoms with Crippen molar-refractivity contribution in [1.29, 1.82) is 0 Å². The van der Waals surface area contributed by atoms with Crippen molar-refractivity contribution in [2.24, 2.45) is 10.4 Å². The van der Waals surface area contributed by atoms with Crippen molar-refractivity contribution < 1.29 is 4.74 Å². The molecule has 0 heterocycles. The van der Waals surface area contributed by atoms with Crippen molar-refractivity contribution >= 4 is 11.6 Å². The Morgan fingerprint density at radius 3 is 2.63 bits per heavy atom. The van der Waals surface area contributed by atoms with Crippen molar-refractivity contribution in [1.82, 2.24) is 10.6 Å². The maximum absolute atomic E-state index is 5.63. The molecule has 0 aromatic heterocycles. The number of nitrogens with zero attached hydrogens (tertiary/aromatic N) is 2. The Labute approximate surface area is 165 Å². The molecule has 0 atom stereocenters. The molecule has 0 spiro atoms. The van der Waals surface area contributed by atoms with Gasteiger partial charge in [-0.2, -0.15) is 0 Å². The number of ether oxygens (including phenoxy) is 1. The molecule has 0 amide bonds. The van der Waals surface area contributed by atoms with Gasteiger partial charge >= 0.3 is 0 Å². The first-order valence-electron chi connectivity index (χ1n) is 10.4. The summed E-state index contributed by atoms with van der Waals surface area (Å²) in [6.07, 6.45) is 6.38. The van der Waals surface area contributed by atoms with Gasteiger partial charge < -0.3 is 20.3 Å². The van der Waals surface area contributed by atoms with Crippen LogP contribution in [0.25, 0.3) is 0 Å². The van der Waals surface area contributed by atoms with Crippen LogP contribution in [0.2, 0.25) is 0 Å². The average Bonchev–Trinajstić information content (AvgIpc) is 3.13. The first kappa shape index (κ1) is 21.5. The summed E-state index contributed by atoms with van der Waals surface area (Å²) in [7, 11) is 4.13. The number of hydrogen-bond acceptors (Lipinski definition) is 3. The molecular weight excluding hydrogens is 336 g/mol. The Kier molecular flexibility index (Phi) is 8.92. The van der Waals surface area contributed by atoms with E-state index in [0.29, 0.717) is 12.0 Å². The van der Waals surface area contributed by atoms with Gasteiger partial charge in [0.05, 0.1) is 6.54 Å². The van der Waals surface area contributed by atoms with Gasteiger partial charge in [-0.1, -0.05) is 25.0 Å². The molecule has 2 rings (SSSR count). The molecule has 0 bridgehead atoms. The van der Waals surface area contributed by atoms with Crippen LogP contribution in [0.15, 0.2) is 29.3 Å². The summed E-state index contributed by atoms with van der Waals surface area (Å²) in [5.74, 6) is 0.912. The van der Waals surface area contributed by atoms with Crippen LogP contribution < -0.4 is 15.5 Å². The zero-order valence-electron chi connectivity index (χ0n) is 17.7. The van der Waals surface area contributed by atoms with E-state index in [9.17, 15) is 0 Å². The van der Waals surface area contributed by atoms with Gasteiger partial charge in [0.25, 0.3) is 0 Å². The number of rotatable bonds is 10. The van der Waals surface area contributed by atoms with Gasteiger partial charge in [0, 0.05) is 46.1 Å². The van der Waals surface area contributed by atoms with Crippen molar-refractivity contribution in [2.75, 3.05) is 45.3 Å². The SMILES string of the molecule is CCNC(=NCc1cccc(N(C)C)c1)NCC1(CCOCC)CCCC1. The van der Waals surface area contributed by atoms with Gasteiger partial charge in [-0.15, -0.1) is 0 Å². The quantitative estimate of drug-likeness (QED) is 0.372. The minimum absolute atomic E-state index is 0.357. The third-order valence-corrected chi connectivity index (χ3v) is 5.47.